The standard InChI is InChI=1S/C12H14N4.ClH/c1-2-4-11(5-3-1)12-9-16(15-14-12)8-10-6-13-7-10;/h1-5,9-10,13H,6-8H2;1H. The Morgan fingerprint density at radius 2 is 2.00 bits per heavy atom. The lowest BCUT2D eigenvalue weighted by molar-refractivity contribution is 0.293. The van der Waals surface area contributed by atoms with E-state index in [1.807, 2.05) is 29.1 Å². The number of rotatable bonds is 3. The summed E-state index contributed by atoms with van der Waals surface area (Å²) in [5.41, 5.74) is 2.08. The molecule has 3 rings (SSSR count). The minimum Gasteiger partial charge on any atom is -0.316 e. The number of nitrogens with one attached hydrogen (secondary N) is 1. The van der Waals surface area contributed by atoms with E-state index in [4.69, 9.17) is 0 Å². The Balaban J connectivity index is 0.00000108. The van der Waals surface area contributed by atoms with E-state index in [1.54, 1.807) is 0 Å². The minimum atomic E-state index is 0. The highest BCUT2D eigenvalue weighted by Gasteiger charge is 2.17. The monoisotopic (exact) mass is 250 g/mol. The van der Waals surface area contributed by atoms with Crippen LogP contribution in [0, 0.1) is 5.92 Å². The summed E-state index contributed by atoms with van der Waals surface area (Å²) in [6.07, 6.45) is 2.02. The van der Waals surface area contributed by atoms with E-state index in [2.05, 4.69) is 27.8 Å². The second-order valence-corrected chi connectivity index (χ2v) is 4.22. The fourth-order valence-electron chi connectivity index (χ4n) is 1.87. The van der Waals surface area contributed by atoms with Gasteiger partial charge in [0.2, 0.25) is 0 Å². The molecule has 0 unspecified atom stereocenters. The van der Waals surface area contributed by atoms with Crippen molar-refractivity contribution in [1.29, 1.82) is 0 Å². The van der Waals surface area contributed by atoms with Crippen molar-refractivity contribution in [2.45, 2.75) is 6.54 Å². The Labute approximate surface area is 106 Å². The molecule has 0 bridgehead atoms. The van der Waals surface area contributed by atoms with Crippen LogP contribution in [0.2, 0.25) is 0 Å². The summed E-state index contributed by atoms with van der Waals surface area (Å²) < 4.78 is 1.94. The van der Waals surface area contributed by atoms with Crippen molar-refractivity contribution in [3.05, 3.63) is 36.5 Å². The van der Waals surface area contributed by atoms with Crippen LogP contribution >= 0.6 is 12.4 Å². The third-order valence-electron chi connectivity index (χ3n) is 2.92. The normalized spacial score (nSPS) is 15.1. The fourth-order valence-corrected chi connectivity index (χ4v) is 1.87. The maximum atomic E-state index is 4.19. The van der Waals surface area contributed by atoms with Crippen LogP contribution < -0.4 is 5.32 Å². The predicted molar refractivity (Wildman–Crippen MR) is 69.1 cm³/mol. The zero-order valence-corrected chi connectivity index (χ0v) is 10.2. The van der Waals surface area contributed by atoms with Gasteiger partial charge in [-0.1, -0.05) is 35.5 Å². The molecule has 0 atom stereocenters. The van der Waals surface area contributed by atoms with Gasteiger partial charge >= 0.3 is 0 Å². The van der Waals surface area contributed by atoms with Crippen LogP contribution in [0.5, 0.6) is 0 Å². The largest absolute Gasteiger partial charge is 0.316 e. The molecule has 2 heterocycles. The summed E-state index contributed by atoms with van der Waals surface area (Å²) in [7, 11) is 0. The molecule has 1 N–H and O–H groups in total. The van der Waals surface area contributed by atoms with Gasteiger partial charge in [0.15, 0.2) is 0 Å². The van der Waals surface area contributed by atoms with Crippen LogP contribution in [0.4, 0.5) is 0 Å². The quantitative estimate of drug-likeness (QED) is 0.900. The average Bonchev–Trinajstić information content (AvgIpc) is 2.73. The second-order valence-electron chi connectivity index (χ2n) is 4.22. The van der Waals surface area contributed by atoms with Gasteiger partial charge in [0.05, 0.1) is 6.20 Å². The number of aromatic nitrogens is 3. The zero-order valence-electron chi connectivity index (χ0n) is 9.41. The number of benzene rings is 1. The molecule has 0 amide bonds. The molecule has 0 spiro atoms. The van der Waals surface area contributed by atoms with Crippen molar-refractivity contribution in [2.24, 2.45) is 5.92 Å². The smallest absolute Gasteiger partial charge is 0.113 e. The number of halogens is 1. The fraction of sp³-hybridized carbons (Fsp3) is 0.333. The lowest BCUT2D eigenvalue weighted by Gasteiger charge is -2.26. The Morgan fingerprint density at radius 1 is 1.24 bits per heavy atom. The first-order valence-corrected chi connectivity index (χ1v) is 5.58. The van der Waals surface area contributed by atoms with Crippen LogP contribution in [0.3, 0.4) is 0 Å². The molecule has 0 aliphatic carbocycles. The molecular formula is C12H15ClN4. The lowest BCUT2D eigenvalue weighted by Crippen LogP contribution is -2.44. The molecule has 1 aromatic heterocycles. The first kappa shape index (κ1) is 12.1. The van der Waals surface area contributed by atoms with Crippen LogP contribution in [0.15, 0.2) is 36.5 Å². The highest BCUT2D eigenvalue weighted by molar-refractivity contribution is 5.85. The summed E-state index contributed by atoms with van der Waals surface area (Å²) in [6.45, 7) is 3.16. The van der Waals surface area contributed by atoms with Crippen LogP contribution in [0.1, 0.15) is 0 Å². The molecule has 17 heavy (non-hydrogen) atoms. The first-order valence-electron chi connectivity index (χ1n) is 5.58. The third kappa shape index (κ3) is 2.65. The SMILES string of the molecule is Cl.c1ccc(-c2cn(CC3CNC3)nn2)cc1. The Bertz CT molecular complexity index is 464. The van der Waals surface area contributed by atoms with Gasteiger partial charge in [-0.05, 0) is 0 Å². The van der Waals surface area contributed by atoms with Gasteiger partial charge in [-0.3, -0.25) is 4.68 Å². The molecule has 1 aromatic carbocycles. The van der Waals surface area contributed by atoms with Crippen LogP contribution in [-0.2, 0) is 6.54 Å². The molecule has 4 nitrogen and oxygen atoms in total. The molecule has 0 radical (unpaired) electrons. The van der Waals surface area contributed by atoms with E-state index >= 15 is 0 Å². The van der Waals surface area contributed by atoms with Crippen LogP contribution in [-0.4, -0.2) is 28.1 Å². The second kappa shape index (κ2) is 5.29. The van der Waals surface area contributed by atoms with Gasteiger partial charge in [-0.15, -0.1) is 17.5 Å². The summed E-state index contributed by atoms with van der Waals surface area (Å²) in [6, 6.07) is 10.2. The maximum absolute atomic E-state index is 4.19. The van der Waals surface area contributed by atoms with Gasteiger partial charge in [-0.25, -0.2) is 0 Å². The Kier molecular flexibility index (Phi) is 3.76. The van der Waals surface area contributed by atoms with Crippen molar-refractivity contribution >= 4 is 12.4 Å². The molecule has 2 aromatic rings. The number of hydrogen-bond acceptors (Lipinski definition) is 3. The van der Waals surface area contributed by atoms with Crippen molar-refractivity contribution < 1.29 is 0 Å². The van der Waals surface area contributed by atoms with Gasteiger partial charge in [-0.2, -0.15) is 0 Å². The van der Waals surface area contributed by atoms with Gasteiger partial charge < -0.3 is 5.32 Å². The van der Waals surface area contributed by atoms with E-state index < -0.39 is 0 Å². The molecule has 1 saturated heterocycles. The van der Waals surface area contributed by atoms with Crippen molar-refractivity contribution in [1.82, 2.24) is 20.3 Å². The first-order chi connectivity index (χ1) is 7.92. The van der Waals surface area contributed by atoms with E-state index in [9.17, 15) is 0 Å². The summed E-state index contributed by atoms with van der Waals surface area (Å²) in [5.74, 6) is 0.713. The predicted octanol–water partition coefficient (Wildman–Crippen LogP) is 1.59. The third-order valence-corrected chi connectivity index (χ3v) is 2.92. The topological polar surface area (TPSA) is 42.7 Å². The Morgan fingerprint density at radius 3 is 2.65 bits per heavy atom. The molecule has 1 fully saturated rings. The molecule has 1 aliphatic rings. The highest BCUT2D eigenvalue weighted by atomic mass is 35.5. The zero-order chi connectivity index (χ0) is 10.8. The van der Waals surface area contributed by atoms with E-state index in [-0.39, 0.29) is 12.4 Å². The van der Waals surface area contributed by atoms with Crippen molar-refractivity contribution in [3.8, 4) is 11.3 Å². The van der Waals surface area contributed by atoms with Gasteiger partial charge in [0.25, 0.3) is 0 Å². The summed E-state index contributed by atoms with van der Waals surface area (Å²) in [4.78, 5) is 0. The van der Waals surface area contributed by atoms with Crippen molar-refractivity contribution in [2.75, 3.05) is 13.1 Å². The minimum absolute atomic E-state index is 0. The lowest BCUT2D eigenvalue weighted by atomic mass is 10.0. The maximum Gasteiger partial charge on any atom is 0.113 e. The van der Waals surface area contributed by atoms with Crippen LogP contribution in [0.25, 0.3) is 11.3 Å². The highest BCUT2D eigenvalue weighted by Crippen LogP contribution is 2.15. The molecule has 90 valence electrons. The van der Waals surface area contributed by atoms with E-state index in [1.165, 1.54) is 0 Å². The number of nitrogens with zero attached hydrogens (tertiary/aromatic N) is 3. The number of hydrogen-bond donors (Lipinski definition) is 1. The van der Waals surface area contributed by atoms with Gasteiger partial charge in [0, 0.05) is 31.1 Å². The van der Waals surface area contributed by atoms with E-state index in [0.29, 0.717) is 5.92 Å². The summed E-state index contributed by atoms with van der Waals surface area (Å²) in [5, 5.41) is 11.6. The molecular weight excluding hydrogens is 236 g/mol. The molecule has 5 heteroatoms. The van der Waals surface area contributed by atoms with Gasteiger partial charge in [0.1, 0.15) is 5.69 Å². The average molecular weight is 251 g/mol. The van der Waals surface area contributed by atoms with E-state index in [0.717, 1.165) is 30.9 Å². The Hall–Kier alpha value is -1.39. The summed E-state index contributed by atoms with van der Waals surface area (Å²) >= 11 is 0. The molecule has 1 aliphatic heterocycles. The molecule has 0 saturated carbocycles. The van der Waals surface area contributed by atoms with Crippen molar-refractivity contribution in [3.63, 3.8) is 0 Å².